The Morgan fingerprint density at radius 1 is 1.13 bits per heavy atom. The fourth-order valence-electron chi connectivity index (χ4n) is 4.14. The van der Waals surface area contributed by atoms with E-state index in [0.717, 1.165) is 82.0 Å². The first-order valence-electron chi connectivity index (χ1n) is 11.3. The zero-order valence-electron chi connectivity index (χ0n) is 19.7. The normalized spacial score (nSPS) is 20.6. The third-order valence-corrected chi connectivity index (χ3v) is 6.07. The van der Waals surface area contributed by atoms with Crippen molar-refractivity contribution in [2.75, 3.05) is 71.6 Å². The zero-order valence-corrected chi connectivity index (χ0v) is 19.7. The summed E-state index contributed by atoms with van der Waals surface area (Å²) < 4.78 is 16.4. The molecule has 1 unspecified atom stereocenters. The molecular weight excluding hydrogens is 394 g/mol. The maximum atomic E-state index is 5.50. The molecule has 2 saturated heterocycles. The van der Waals surface area contributed by atoms with Crippen LogP contribution in [0.25, 0.3) is 0 Å². The Balaban J connectivity index is 1.61. The van der Waals surface area contributed by atoms with E-state index in [1.54, 1.807) is 14.2 Å². The summed E-state index contributed by atoms with van der Waals surface area (Å²) >= 11 is 0. The van der Waals surface area contributed by atoms with Gasteiger partial charge in [-0.1, -0.05) is 0 Å². The first-order valence-corrected chi connectivity index (χ1v) is 11.3. The van der Waals surface area contributed by atoms with Gasteiger partial charge in [0.15, 0.2) is 5.96 Å². The van der Waals surface area contributed by atoms with E-state index >= 15 is 0 Å². The third kappa shape index (κ3) is 6.40. The first-order chi connectivity index (χ1) is 14.9. The predicted molar refractivity (Wildman–Crippen MR) is 126 cm³/mol. The molecule has 0 aromatic heterocycles. The summed E-state index contributed by atoms with van der Waals surface area (Å²) in [5, 5.41) is 7.05. The molecule has 0 bridgehead atoms. The van der Waals surface area contributed by atoms with Crippen molar-refractivity contribution in [3.8, 4) is 11.5 Å². The molecule has 2 heterocycles. The van der Waals surface area contributed by atoms with Gasteiger partial charge in [0.1, 0.15) is 11.5 Å². The fraction of sp³-hybridized carbons (Fsp3) is 0.696. The third-order valence-electron chi connectivity index (χ3n) is 6.07. The molecule has 2 aliphatic rings. The van der Waals surface area contributed by atoms with Gasteiger partial charge < -0.3 is 29.7 Å². The number of morpholine rings is 1. The molecule has 1 aromatic carbocycles. The van der Waals surface area contributed by atoms with Gasteiger partial charge in [0.2, 0.25) is 0 Å². The minimum Gasteiger partial charge on any atom is -0.497 e. The molecule has 0 saturated carbocycles. The molecule has 2 aliphatic heterocycles. The second-order valence-corrected chi connectivity index (χ2v) is 8.75. The van der Waals surface area contributed by atoms with E-state index in [2.05, 4.69) is 53.3 Å². The standard InChI is InChI=1S/C23H39N5O3/c1-6-24-22(25-17-23(2,3)28-9-11-31-12-10-28)26-18-7-8-27(16-18)19-13-20(29-4)15-21(14-19)30-5/h13-15,18H,6-12,16-17H2,1-5H3,(H2,24,25,26). The summed E-state index contributed by atoms with van der Waals surface area (Å²) in [6.07, 6.45) is 1.05. The lowest BCUT2D eigenvalue weighted by Crippen LogP contribution is -2.52. The first kappa shape index (κ1) is 23.5. The summed E-state index contributed by atoms with van der Waals surface area (Å²) in [4.78, 5) is 9.76. The quantitative estimate of drug-likeness (QED) is 0.480. The van der Waals surface area contributed by atoms with Gasteiger partial charge in [0.05, 0.1) is 34.0 Å². The monoisotopic (exact) mass is 433 g/mol. The van der Waals surface area contributed by atoms with Crippen LogP contribution >= 0.6 is 0 Å². The van der Waals surface area contributed by atoms with E-state index in [4.69, 9.17) is 19.2 Å². The van der Waals surface area contributed by atoms with Gasteiger partial charge in [0, 0.05) is 68.2 Å². The Morgan fingerprint density at radius 2 is 1.81 bits per heavy atom. The van der Waals surface area contributed by atoms with Gasteiger partial charge in [-0.15, -0.1) is 0 Å². The van der Waals surface area contributed by atoms with E-state index in [1.807, 2.05) is 6.07 Å². The molecule has 1 atom stereocenters. The van der Waals surface area contributed by atoms with Gasteiger partial charge in [-0.25, -0.2) is 0 Å². The Bertz CT molecular complexity index is 712. The van der Waals surface area contributed by atoms with Crippen LogP contribution in [-0.4, -0.2) is 89.1 Å². The van der Waals surface area contributed by atoms with Crippen LogP contribution in [0.2, 0.25) is 0 Å². The lowest BCUT2D eigenvalue weighted by atomic mass is 10.0. The van der Waals surface area contributed by atoms with Gasteiger partial charge in [-0.05, 0) is 27.2 Å². The second-order valence-electron chi connectivity index (χ2n) is 8.75. The van der Waals surface area contributed by atoms with E-state index < -0.39 is 0 Å². The Hall–Kier alpha value is -2.19. The number of nitrogens with zero attached hydrogens (tertiary/aromatic N) is 3. The van der Waals surface area contributed by atoms with E-state index in [1.165, 1.54) is 0 Å². The van der Waals surface area contributed by atoms with Crippen molar-refractivity contribution in [3.05, 3.63) is 18.2 Å². The largest absolute Gasteiger partial charge is 0.497 e. The maximum Gasteiger partial charge on any atom is 0.191 e. The highest BCUT2D eigenvalue weighted by molar-refractivity contribution is 5.80. The average molecular weight is 434 g/mol. The van der Waals surface area contributed by atoms with Crippen LogP contribution < -0.4 is 25.0 Å². The molecule has 0 aliphatic carbocycles. The van der Waals surface area contributed by atoms with E-state index in [9.17, 15) is 0 Å². The van der Waals surface area contributed by atoms with Gasteiger partial charge in [-0.2, -0.15) is 0 Å². The molecule has 174 valence electrons. The second kappa shape index (κ2) is 10.9. The number of nitrogens with one attached hydrogen (secondary N) is 2. The number of hydrogen-bond donors (Lipinski definition) is 2. The molecule has 31 heavy (non-hydrogen) atoms. The molecule has 2 fully saturated rings. The average Bonchev–Trinajstić information content (AvgIpc) is 3.26. The number of hydrogen-bond acceptors (Lipinski definition) is 6. The smallest absolute Gasteiger partial charge is 0.191 e. The van der Waals surface area contributed by atoms with Crippen molar-refractivity contribution < 1.29 is 14.2 Å². The summed E-state index contributed by atoms with van der Waals surface area (Å²) in [7, 11) is 3.37. The molecule has 8 heteroatoms. The number of ether oxygens (including phenoxy) is 3. The van der Waals surface area contributed by atoms with Crippen molar-refractivity contribution in [1.82, 2.24) is 15.5 Å². The predicted octanol–water partition coefficient (Wildman–Crippen LogP) is 1.95. The highest BCUT2D eigenvalue weighted by Gasteiger charge is 2.29. The molecular formula is C23H39N5O3. The molecule has 0 amide bonds. The molecule has 1 aromatic rings. The number of rotatable bonds is 8. The van der Waals surface area contributed by atoms with Crippen molar-refractivity contribution in [2.45, 2.75) is 38.8 Å². The van der Waals surface area contributed by atoms with Crippen LogP contribution in [-0.2, 0) is 4.74 Å². The van der Waals surface area contributed by atoms with Crippen LogP contribution in [0.5, 0.6) is 11.5 Å². The van der Waals surface area contributed by atoms with Gasteiger partial charge in [0.25, 0.3) is 0 Å². The maximum absolute atomic E-state index is 5.50. The topological polar surface area (TPSA) is 70.6 Å². The minimum atomic E-state index is 0.00495. The highest BCUT2D eigenvalue weighted by Crippen LogP contribution is 2.30. The highest BCUT2D eigenvalue weighted by atomic mass is 16.5. The molecule has 2 N–H and O–H groups in total. The Kier molecular flexibility index (Phi) is 8.26. The summed E-state index contributed by atoms with van der Waals surface area (Å²) in [6.45, 7) is 13.6. The molecule has 8 nitrogen and oxygen atoms in total. The van der Waals surface area contributed by atoms with E-state index in [-0.39, 0.29) is 5.54 Å². The minimum absolute atomic E-state index is 0.00495. The Labute approximate surface area is 186 Å². The van der Waals surface area contributed by atoms with Crippen molar-refractivity contribution >= 4 is 11.6 Å². The summed E-state index contributed by atoms with van der Waals surface area (Å²) in [5.41, 5.74) is 1.13. The lowest BCUT2D eigenvalue weighted by Gasteiger charge is -2.40. The number of guanidine groups is 1. The molecule has 3 rings (SSSR count). The van der Waals surface area contributed by atoms with Crippen molar-refractivity contribution in [1.29, 1.82) is 0 Å². The van der Waals surface area contributed by atoms with Crippen molar-refractivity contribution in [2.24, 2.45) is 4.99 Å². The van der Waals surface area contributed by atoms with Crippen LogP contribution in [0.1, 0.15) is 27.2 Å². The fourth-order valence-corrected chi connectivity index (χ4v) is 4.14. The summed E-state index contributed by atoms with van der Waals surface area (Å²) in [6, 6.07) is 6.37. The van der Waals surface area contributed by atoms with Gasteiger partial charge >= 0.3 is 0 Å². The van der Waals surface area contributed by atoms with Crippen LogP contribution in [0.3, 0.4) is 0 Å². The van der Waals surface area contributed by atoms with E-state index in [0.29, 0.717) is 6.04 Å². The number of anilines is 1. The van der Waals surface area contributed by atoms with Crippen molar-refractivity contribution in [3.63, 3.8) is 0 Å². The summed E-state index contributed by atoms with van der Waals surface area (Å²) in [5.74, 6) is 2.51. The number of methoxy groups -OCH3 is 2. The Morgan fingerprint density at radius 3 is 2.42 bits per heavy atom. The zero-order chi connectivity index (χ0) is 22.3. The van der Waals surface area contributed by atoms with Crippen LogP contribution in [0.15, 0.2) is 23.2 Å². The lowest BCUT2D eigenvalue weighted by molar-refractivity contribution is -0.00684. The van der Waals surface area contributed by atoms with Crippen LogP contribution in [0, 0.1) is 0 Å². The number of aliphatic imine (C=N–C) groups is 1. The molecule has 0 radical (unpaired) electrons. The SMILES string of the molecule is CCNC(=NCC(C)(C)N1CCOCC1)NC1CCN(c2cc(OC)cc(OC)c2)C1. The molecule has 0 spiro atoms. The van der Waals surface area contributed by atoms with Crippen LogP contribution in [0.4, 0.5) is 5.69 Å². The van der Waals surface area contributed by atoms with Gasteiger partial charge in [-0.3, -0.25) is 9.89 Å². The number of benzene rings is 1.